The Morgan fingerprint density at radius 3 is 2.62 bits per heavy atom. The molecule has 0 radical (unpaired) electrons. The van der Waals surface area contributed by atoms with Gasteiger partial charge in [-0.15, -0.1) is 0 Å². The summed E-state index contributed by atoms with van der Waals surface area (Å²) in [5.74, 6) is 0.620. The SMILES string of the molecule is COc1ccc([C@H]2OC[C@@H](C/C=C/CCC(=O)O)[C@@H](c3ccccc3O)O2)c(COc2ccc(Cl)c(C)c2)c1. The number of carbonyl (C=O) groups is 1. The lowest BCUT2D eigenvalue weighted by molar-refractivity contribution is -0.244. The highest BCUT2D eigenvalue weighted by Gasteiger charge is 2.35. The lowest BCUT2D eigenvalue weighted by Gasteiger charge is -2.37. The van der Waals surface area contributed by atoms with Crippen LogP contribution in [-0.4, -0.2) is 29.9 Å². The van der Waals surface area contributed by atoms with Crippen molar-refractivity contribution in [1.29, 1.82) is 0 Å². The van der Waals surface area contributed by atoms with E-state index in [1.807, 2.05) is 61.5 Å². The predicted octanol–water partition coefficient (Wildman–Crippen LogP) is 7.16. The first kappa shape index (κ1) is 28.5. The molecule has 3 aromatic rings. The fraction of sp³-hybridized carbons (Fsp3) is 0.323. The average Bonchev–Trinajstić information content (AvgIpc) is 2.93. The van der Waals surface area contributed by atoms with Crippen LogP contribution in [0.5, 0.6) is 17.2 Å². The standard InChI is InChI=1S/C31H33ClO7/c1-20-16-24(13-15-27(20)32)37-19-22-17-23(36-2)12-14-25(22)31-38-18-21(8-4-3-5-11-29(34)35)30(39-31)26-9-6-7-10-28(26)33/h3-4,6-7,9-10,12-17,21,30-31,33H,5,8,11,18-19H2,1-2H3,(H,34,35)/b4-3+/t21-,30+,31+/m1/s1. The Hall–Kier alpha value is -3.52. The number of phenols is 1. The van der Waals surface area contributed by atoms with Gasteiger partial charge in [0.1, 0.15) is 23.9 Å². The maximum atomic E-state index is 10.8. The highest BCUT2D eigenvalue weighted by atomic mass is 35.5. The lowest BCUT2D eigenvalue weighted by atomic mass is 9.91. The molecule has 8 heteroatoms. The van der Waals surface area contributed by atoms with E-state index in [4.69, 9.17) is 35.7 Å². The van der Waals surface area contributed by atoms with Crippen LogP contribution in [-0.2, 0) is 20.9 Å². The minimum atomic E-state index is -0.829. The fourth-order valence-corrected chi connectivity index (χ4v) is 4.64. The van der Waals surface area contributed by atoms with Crippen molar-refractivity contribution in [1.82, 2.24) is 0 Å². The van der Waals surface area contributed by atoms with E-state index in [0.717, 1.165) is 16.7 Å². The summed E-state index contributed by atoms with van der Waals surface area (Å²) in [4.78, 5) is 10.8. The van der Waals surface area contributed by atoms with E-state index in [1.165, 1.54) is 0 Å². The second kappa shape index (κ2) is 13.5. The van der Waals surface area contributed by atoms with E-state index in [0.29, 0.717) is 41.5 Å². The molecule has 1 saturated heterocycles. The van der Waals surface area contributed by atoms with Crippen molar-refractivity contribution in [2.45, 2.75) is 45.2 Å². The van der Waals surface area contributed by atoms with Gasteiger partial charge >= 0.3 is 5.97 Å². The summed E-state index contributed by atoms with van der Waals surface area (Å²) in [6, 6.07) is 18.3. The molecule has 0 spiro atoms. The van der Waals surface area contributed by atoms with Crippen LogP contribution in [0.2, 0.25) is 5.02 Å². The number of benzene rings is 3. The molecule has 1 heterocycles. The van der Waals surface area contributed by atoms with E-state index in [-0.39, 0.29) is 24.7 Å². The second-order valence-corrected chi connectivity index (χ2v) is 9.85. The van der Waals surface area contributed by atoms with Crippen LogP contribution >= 0.6 is 11.6 Å². The van der Waals surface area contributed by atoms with E-state index in [1.54, 1.807) is 25.3 Å². The molecule has 0 unspecified atom stereocenters. The van der Waals surface area contributed by atoms with Gasteiger partial charge in [0.25, 0.3) is 0 Å². The van der Waals surface area contributed by atoms with Gasteiger partial charge in [0, 0.05) is 34.1 Å². The van der Waals surface area contributed by atoms with Gasteiger partial charge in [-0.05, 0) is 67.8 Å². The van der Waals surface area contributed by atoms with Gasteiger partial charge in [-0.1, -0.05) is 42.0 Å². The smallest absolute Gasteiger partial charge is 0.303 e. The van der Waals surface area contributed by atoms with Crippen molar-refractivity contribution >= 4 is 17.6 Å². The fourth-order valence-electron chi connectivity index (χ4n) is 4.52. The zero-order chi connectivity index (χ0) is 27.8. The molecule has 1 fully saturated rings. The third-order valence-corrected chi connectivity index (χ3v) is 7.09. The Bertz CT molecular complexity index is 1310. The predicted molar refractivity (Wildman–Crippen MR) is 148 cm³/mol. The minimum Gasteiger partial charge on any atom is -0.508 e. The van der Waals surface area contributed by atoms with Gasteiger partial charge in [0.2, 0.25) is 0 Å². The normalized spacial score (nSPS) is 19.2. The molecule has 0 amide bonds. The molecule has 2 N–H and O–H groups in total. The van der Waals surface area contributed by atoms with Gasteiger partial charge in [-0.3, -0.25) is 4.79 Å². The molecule has 3 atom stereocenters. The van der Waals surface area contributed by atoms with Crippen molar-refractivity contribution in [3.8, 4) is 17.2 Å². The highest BCUT2D eigenvalue weighted by Crippen LogP contribution is 2.43. The molecule has 1 aliphatic rings. The zero-order valence-electron chi connectivity index (χ0n) is 22.0. The quantitative estimate of drug-likeness (QED) is 0.244. The third-order valence-electron chi connectivity index (χ3n) is 6.66. The summed E-state index contributed by atoms with van der Waals surface area (Å²) in [7, 11) is 1.61. The summed E-state index contributed by atoms with van der Waals surface area (Å²) < 4.78 is 24.3. The number of rotatable bonds is 11. The number of allylic oxidation sites excluding steroid dienone is 2. The summed E-state index contributed by atoms with van der Waals surface area (Å²) in [5.41, 5.74) is 3.25. The third kappa shape index (κ3) is 7.53. The van der Waals surface area contributed by atoms with Crippen LogP contribution in [0, 0.1) is 12.8 Å². The number of aryl methyl sites for hydroxylation is 1. The topological polar surface area (TPSA) is 94.5 Å². The van der Waals surface area contributed by atoms with Crippen molar-refractivity contribution in [3.63, 3.8) is 0 Å². The number of halogens is 1. The van der Waals surface area contributed by atoms with Gasteiger partial charge in [-0.25, -0.2) is 0 Å². The number of phenolic OH excluding ortho intramolecular Hbond substituents is 1. The number of aromatic hydroxyl groups is 1. The number of aliphatic carboxylic acids is 1. The Morgan fingerprint density at radius 1 is 1.08 bits per heavy atom. The molecule has 206 valence electrons. The van der Waals surface area contributed by atoms with Gasteiger partial charge in [0.15, 0.2) is 6.29 Å². The number of carboxylic acid groups (broad SMARTS) is 1. The maximum absolute atomic E-state index is 10.8. The Kier molecular flexibility index (Phi) is 9.87. The Balaban J connectivity index is 1.56. The largest absolute Gasteiger partial charge is 0.508 e. The molecule has 7 nitrogen and oxygen atoms in total. The van der Waals surface area contributed by atoms with Crippen LogP contribution in [0.15, 0.2) is 72.8 Å². The average molecular weight is 553 g/mol. The molecule has 4 rings (SSSR count). The van der Waals surface area contributed by atoms with Gasteiger partial charge in [-0.2, -0.15) is 0 Å². The van der Waals surface area contributed by atoms with Crippen LogP contribution in [0.4, 0.5) is 0 Å². The van der Waals surface area contributed by atoms with Gasteiger partial charge < -0.3 is 29.2 Å². The van der Waals surface area contributed by atoms with E-state index < -0.39 is 18.4 Å². The number of ether oxygens (including phenoxy) is 4. The molecule has 3 aromatic carbocycles. The highest BCUT2D eigenvalue weighted by molar-refractivity contribution is 6.31. The number of hydrogen-bond donors (Lipinski definition) is 2. The lowest BCUT2D eigenvalue weighted by Crippen LogP contribution is -2.31. The maximum Gasteiger partial charge on any atom is 0.303 e. The number of methoxy groups -OCH3 is 1. The van der Waals surface area contributed by atoms with Gasteiger partial charge in [0.05, 0.1) is 19.8 Å². The first-order valence-corrected chi connectivity index (χ1v) is 13.2. The molecule has 39 heavy (non-hydrogen) atoms. The molecule has 0 saturated carbocycles. The first-order chi connectivity index (χ1) is 18.9. The summed E-state index contributed by atoms with van der Waals surface area (Å²) in [5, 5.41) is 20.2. The Labute approximate surface area is 233 Å². The van der Waals surface area contributed by atoms with Crippen molar-refractivity contribution in [3.05, 3.63) is 100 Å². The summed E-state index contributed by atoms with van der Waals surface area (Å²) >= 11 is 6.16. The first-order valence-electron chi connectivity index (χ1n) is 12.8. The van der Waals surface area contributed by atoms with Crippen molar-refractivity contribution < 1.29 is 34.0 Å². The van der Waals surface area contributed by atoms with E-state index in [2.05, 4.69) is 0 Å². The minimum absolute atomic E-state index is 0.0781. The molecule has 1 aliphatic heterocycles. The van der Waals surface area contributed by atoms with Crippen molar-refractivity contribution in [2.75, 3.05) is 13.7 Å². The van der Waals surface area contributed by atoms with Crippen LogP contribution in [0.1, 0.15) is 53.9 Å². The second-order valence-electron chi connectivity index (χ2n) is 9.44. The van der Waals surface area contributed by atoms with Crippen LogP contribution in [0.3, 0.4) is 0 Å². The zero-order valence-corrected chi connectivity index (χ0v) is 22.8. The van der Waals surface area contributed by atoms with Crippen LogP contribution < -0.4 is 9.47 Å². The Morgan fingerprint density at radius 2 is 1.87 bits per heavy atom. The van der Waals surface area contributed by atoms with Crippen LogP contribution in [0.25, 0.3) is 0 Å². The number of para-hydroxylation sites is 1. The monoisotopic (exact) mass is 552 g/mol. The van der Waals surface area contributed by atoms with Crippen molar-refractivity contribution in [2.24, 2.45) is 5.92 Å². The van der Waals surface area contributed by atoms with E-state index in [9.17, 15) is 9.90 Å². The molecule has 0 aromatic heterocycles. The summed E-state index contributed by atoms with van der Waals surface area (Å²) in [6.07, 6.45) is 3.82. The molecular formula is C31H33ClO7. The number of hydrogen-bond acceptors (Lipinski definition) is 6. The summed E-state index contributed by atoms with van der Waals surface area (Å²) in [6.45, 7) is 2.57. The number of carboxylic acids is 1. The molecule has 0 aliphatic carbocycles. The molecule has 0 bridgehead atoms. The van der Waals surface area contributed by atoms with E-state index >= 15 is 0 Å². The molecular weight excluding hydrogens is 520 g/mol.